The van der Waals surface area contributed by atoms with Crippen molar-refractivity contribution in [2.24, 2.45) is 11.7 Å². The molecule has 0 saturated carbocycles. The maximum atomic E-state index is 11.6. The van der Waals surface area contributed by atoms with Crippen LogP contribution in [0.3, 0.4) is 0 Å². The molecule has 0 aliphatic carbocycles. The minimum atomic E-state index is -0.481. The highest BCUT2D eigenvalue weighted by Crippen LogP contribution is 2.08. The summed E-state index contributed by atoms with van der Waals surface area (Å²) < 4.78 is 1.71. The number of nitrogens with zero attached hydrogens (tertiary/aromatic N) is 2. The molecular formula is C10H18N4O. The molecule has 0 unspecified atom stereocenters. The first kappa shape index (κ1) is 11.7. The molecule has 0 saturated heterocycles. The first-order chi connectivity index (χ1) is 7.06. The van der Waals surface area contributed by atoms with Crippen molar-refractivity contribution in [2.75, 3.05) is 5.32 Å². The molecule has 0 fully saturated rings. The third kappa shape index (κ3) is 2.79. The molecule has 0 aromatic carbocycles. The van der Waals surface area contributed by atoms with Gasteiger partial charge in [0.2, 0.25) is 5.91 Å². The Labute approximate surface area is 89.6 Å². The molecule has 84 valence electrons. The second-order valence-electron chi connectivity index (χ2n) is 3.79. The van der Waals surface area contributed by atoms with Gasteiger partial charge in [-0.3, -0.25) is 4.79 Å². The fraction of sp³-hybridized carbons (Fsp3) is 0.600. The second-order valence-corrected chi connectivity index (χ2v) is 3.79. The highest BCUT2D eigenvalue weighted by Gasteiger charge is 2.18. The van der Waals surface area contributed by atoms with Crippen molar-refractivity contribution in [3.05, 3.63) is 12.3 Å². The molecule has 15 heavy (non-hydrogen) atoms. The first-order valence-electron chi connectivity index (χ1n) is 5.14. The summed E-state index contributed by atoms with van der Waals surface area (Å²) in [7, 11) is 0. The van der Waals surface area contributed by atoms with Crippen molar-refractivity contribution in [1.82, 2.24) is 9.78 Å². The van der Waals surface area contributed by atoms with E-state index in [1.165, 1.54) is 0 Å². The largest absolute Gasteiger partial charge is 0.320 e. The minimum absolute atomic E-state index is 0.128. The fourth-order valence-corrected chi connectivity index (χ4v) is 1.20. The van der Waals surface area contributed by atoms with Crippen molar-refractivity contribution < 1.29 is 4.79 Å². The highest BCUT2D eigenvalue weighted by atomic mass is 16.2. The Morgan fingerprint density at radius 1 is 1.67 bits per heavy atom. The Balaban J connectivity index is 2.66. The van der Waals surface area contributed by atoms with Gasteiger partial charge in [-0.2, -0.15) is 5.10 Å². The molecule has 5 nitrogen and oxygen atoms in total. The van der Waals surface area contributed by atoms with Crippen molar-refractivity contribution in [3.8, 4) is 0 Å². The summed E-state index contributed by atoms with van der Waals surface area (Å²) in [6.45, 7) is 6.52. The minimum Gasteiger partial charge on any atom is -0.320 e. The quantitative estimate of drug-likeness (QED) is 0.773. The van der Waals surface area contributed by atoms with Crippen LogP contribution in [0.2, 0.25) is 0 Å². The summed E-state index contributed by atoms with van der Waals surface area (Å²) in [5.41, 5.74) is 5.73. The van der Waals surface area contributed by atoms with Gasteiger partial charge < -0.3 is 11.1 Å². The van der Waals surface area contributed by atoms with Crippen LogP contribution < -0.4 is 11.1 Å². The zero-order chi connectivity index (χ0) is 11.4. The smallest absolute Gasteiger partial charge is 0.242 e. The lowest BCUT2D eigenvalue weighted by molar-refractivity contribution is -0.118. The van der Waals surface area contributed by atoms with Crippen LogP contribution in [0.25, 0.3) is 0 Å². The van der Waals surface area contributed by atoms with Crippen molar-refractivity contribution in [1.29, 1.82) is 0 Å². The van der Waals surface area contributed by atoms with E-state index in [0.29, 0.717) is 5.82 Å². The summed E-state index contributed by atoms with van der Waals surface area (Å²) in [6, 6.07) is 1.28. The van der Waals surface area contributed by atoms with E-state index >= 15 is 0 Å². The number of nitrogens with two attached hydrogens (primary N) is 1. The van der Waals surface area contributed by atoms with E-state index in [9.17, 15) is 4.79 Å². The molecule has 3 N–H and O–H groups in total. The van der Waals surface area contributed by atoms with E-state index in [1.807, 2.05) is 20.8 Å². The number of carbonyl (C=O) groups excluding carboxylic acids is 1. The molecule has 1 aromatic rings. The van der Waals surface area contributed by atoms with E-state index in [4.69, 9.17) is 5.73 Å². The van der Waals surface area contributed by atoms with Crippen LogP contribution in [-0.2, 0) is 11.3 Å². The SMILES string of the molecule is CCn1nccc1NC(=O)[C@@H](N)C(C)C. The molecule has 0 radical (unpaired) electrons. The molecule has 1 aromatic heterocycles. The zero-order valence-corrected chi connectivity index (χ0v) is 9.40. The zero-order valence-electron chi connectivity index (χ0n) is 9.40. The maximum Gasteiger partial charge on any atom is 0.242 e. The van der Waals surface area contributed by atoms with Crippen LogP contribution in [0.15, 0.2) is 12.3 Å². The van der Waals surface area contributed by atoms with Gasteiger partial charge in [0.05, 0.1) is 12.2 Å². The molecule has 1 atom stereocenters. The molecule has 1 heterocycles. The average molecular weight is 210 g/mol. The second kappa shape index (κ2) is 4.93. The van der Waals surface area contributed by atoms with Gasteiger partial charge in [-0.15, -0.1) is 0 Å². The molecular weight excluding hydrogens is 192 g/mol. The Morgan fingerprint density at radius 2 is 2.33 bits per heavy atom. The van der Waals surface area contributed by atoms with Crippen LogP contribution in [0, 0.1) is 5.92 Å². The number of anilines is 1. The summed E-state index contributed by atoms with van der Waals surface area (Å²) >= 11 is 0. The van der Waals surface area contributed by atoms with Crippen LogP contribution in [0.5, 0.6) is 0 Å². The first-order valence-corrected chi connectivity index (χ1v) is 5.14. The Kier molecular flexibility index (Phi) is 3.85. The molecule has 0 spiro atoms. The van der Waals surface area contributed by atoms with Crippen molar-refractivity contribution >= 4 is 11.7 Å². The summed E-state index contributed by atoms with van der Waals surface area (Å²) in [5.74, 6) is 0.654. The number of rotatable bonds is 4. The summed E-state index contributed by atoms with van der Waals surface area (Å²) in [5, 5.41) is 6.81. The summed E-state index contributed by atoms with van der Waals surface area (Å²) in [4.78, 5) is 11.6. The van der Waals surface area contributed by atoms with Crippen LogP contribution in [-0.4, -0.2) is 21.7 Å². The molecule has 1 rings (SSSR count). The third-order valence-corrected chi connectivity index (χ3v) is 2.29. The third-order valence-electron chi connectivity index (χ3n) is 2.29. The monoisotopic (exact) mass is 210 g/mol. The van der Waals surface area contributed by atoms with Gasteiger partial charge >= 0.3 is 0 Å². The topological polar surface area (TPSA) is 72.9 Å². The number of aromatic nitrogens is 2. The van der Waals surface area contributed by atoms with Crippen LogP contribution >= 0.6 is 0 Å². The van der Waals surface area contributed by atoms with Gasteiger partial charge in [-0.05, 0) is 12.8 Å². The van der Waals surface area contributed by atoms with Crippen LogP contribution in [0.4, 0.5) is 5.82 Å². The van der Waals surface area contributed by atoms with E-state index in [-0.39, 0.29) is 11.8 Å². The Hall–Kier alpha value is -1.36. The Morgan fingerprint density at radius 3 is 2.87 bits per heavy atom. The van der Waals surface area contributed by atoms with Gasteiger partial charge in [-0.1, -0.05) is 13.8 Å². The molecule has 0 aliphatic rings. The van der Waals surface area contributed by atoms with Gasteiger partial charge in [0, 0.05) is 12.6 Å². The van der Waals surface area contributed by atoms with Gasteiger partial charge in [0.25, 0.3) is 0 Å². The Bertz CT molecular complexity index is 332. The number of hydrogen-bond acceptors (Lipinski definition) is 3. The van der Waals surface area contributed by atoms with Gasteiger partial charge in [0.1, 0.15) is 5.82 Å². The van der Waals surface area contributed by atoms with E-state index < -0.39 is 6.04 Å². The van der Waals surface area contributed by atoms with Crippen molar-refractivity contribution in [2.45, 2.75) is 33.4 Å². The maximum absolute atomic E-state index is 11.6. The average Bonchev–Trinajstić information content (AvgIpc) is 2.63. The standard InChI is InChI=1S/C10H18N4O/c1-4-14-8(5-6-12-14)13-10(15)9(11)7(2)3/h5-7,9H,4,11H2,1-3H3,(H,13,15)/t9-/m0/s1. The molecule has 1 amide bonds. The van der Waals surface area contributed by atoms with Gasteiger partial charge in [0.15, 0.2) is 0 Å². The van der Waals surface area contributed by atoms with E-state index in [2.05, 4.69) is 10.4 Å². The van der Waals surface area contributed by atoms with E-state index in [1.54, 1.807) is 16.9 Å². The normalized spacial score (nSPS) is 12.9. The van der Waals surface area contributed by atoms with Crippen molar-refractivity contribution in [3.63, 3.8) is 0 Å². The number of aryl methyl sites for hydroxylation is 1. The fourth-order valence-electron chi connectivity index (χ4n) is 1.20. The van der Waals surface area contributed by atoms with Crippen LogP contribution in [0.1, 0.15) is 20.8 Å². The number of amides is 1. The molecule has 0 aliphatic heterocycles. The number of carbonyl (C=O) groups is 1. The lowest BCUT2D eigenvalue weighted by atomic mass is 10.1. The molecule has 0 bridgehead atoms. The molecule has 5 heteroatoms. The predicted molar refractivity (Wildman–Crippen MR) is 59.3 cm³/mol. The summed E-state index contributed by atoms with van der Waals surface area (Å²) in [6.07, 6.45) is 1.65. The predicted octanol–water partition coefficient (Wildman–Crippen LogP) is 0.825. The van der Waals surface area contributed by atoms with E-state index in [0.717, 1.165) is 6.54 Å². The lowest BCUT2D eigenvalue weighted by Crippen LogP contribution is -2.40. The number of nitrogens with one attached hydrogen (secondary N) is 1. The number of hydrogen-bond donors (Lipinski definition) is 2. The highest BCUT2D eigenvalue weighted by molar-refractivity contribution is 5.94. The van der Waals surface area contributed by atoms with Gasteiger partial charge in [-0.25, -0.2) is 4.68 Å². The lowest BCUT2D eigenvalue weighted by Gasteiger charge is -2.15.